The first-order valence-electron chi connectivity index (χ1n) is 7.90. The zero-order chi connectivity index (χ0) is 17.7. The minimum Gasteiger partial charge on any atom is -0.255 e. The van der Waals surface area contributed by atoms with Crippen LogP contribution in [-0.4, -0.2) is 24.9 Å². The average Bonchev–Trinajstić information content (AvgIpc) is 3.06. The summed E-state index contributed by atoms with van der Waals surface area (Å²) < 4.78 is 27.0. The first kappa shape index (κ1) is 17.7. The first-order chi connectivity index (χ1) is 12.0. The molecule has 3 aromatic rings. The lowest BCUT2D eigenvalue weighted by Crippen LogP contribution is -2.27. The molecule has 1 aromatic carbocycles. The van der Waals surface area contributed by atoms with E-state index in [0.717, 1.165) is 27.5 Å². The summed E-state index contributed by atoms with van der Waals surface area (Å²) in [6.45, 7) is 2.31. The van der Waals surface area contributed by atoms with Crippen LogP contribution in [0.4, 0.5) is 0 Å². The number of rotatable bonds is 7. The van der Waals surface area contributed by atoms with Crippen molar-refractivity contribution < 1.29 is 8.42 Å². The topological polar surface area (TPSA) is 72.0 Å². The van der Waals surface area contributed by atoms with Crippen molar-refractivity contribution in [2.75, 3.05) is 6.54 Å². The third-order valence-corrected chi connectivity index (χ3v) is 5.88. The van der Waals surface area contributed by atoms with E-state index in [1.807, 2.05) is 54.8 Å². The molecule has 1 N–H and O–H groups in total. The maximum atomic E-state index is 12.2. The largest absolute Gasteiger partial charge is 0.255 e. The van der Waals surface area contributed by atoms with Crippen LogP contribution < -0.4 is 4.72 Å². The van der Waals surface area contributed by atoms with Crippen molar-refractivity contribution in [2.45, 2.75) is 19.1 Å². The Labute approximate surface area is 151 Å². The standard InChI is InChI=1S/C18H19N3O2S2/c1-14-5-7-15(8-6-14)13-25(22,23)20-11-9-18-21-17(12-24-18)16-4-2-3-10-19-16/h2-8,10,12,20H,9,11,13H2,1H3. The molecule has 0 saturated heterocycles. The fraction of sp³-hybridized carbons (Fsp3) is 0.222. The highest BCUT2D eigenvalue weighted by Crippen LogP contribution is 2.19. The molecule has 0 aliphatic rings. The second-order valence-corrected chi connectivity index (χ2v) is 8.48. The van der Waals surface area contributed by atoms with Gasteiger partial charge in [0.25, 0.3) is 0 Å². The highest BCUT2D eigenvalue weighted by atomic mass is 32.2. The van der Waals surface area contributed by atoms with Crippen LogP contribution in [-0.2, 0) is 22.2 Å². The van der Waals surface area contributed by atoms with Gasteiger partial charge in [-0.2, -0.15) is 0 Å². The monoisotopic (exact) mass is 373 g/mol. The quantitative estimate of drug-likeness (QED) is 0.690. The molecule has 0 radical (unpaired) electrons. The van der Waals surface area contributed by atoms with E-state index < -0.39 is 10.0 Å². The number of thiazole rings is 1. The minimum absolute atomic E-state index is 0.00959. The number of hydrogen-bond donors (Lipinski definition) is 1. The summed E-state index contributed by atoms with van der Waals surface area (Å²) in [5.41, 5.74) is 3.54. The van der Waals surface area contributed by atoms with Gasteiger partial charge in [-0.05, 0) is 24.6 Å². The second-order valence-electron chi connectivity index (χ2n) is 5.73. The van der Waals surface area contributed by atoms with Gasteiger partial charge >= 0.3 is 0 Å². The predicted octanol–water partition coefficient (Wildman–Crippen LogP) is 3.18. The van der Waals surface area contributed by atoms with Gasteiger partial charge < -0.3 is 0 Å². The average molecular weight is 374 g/mol. The third kappa shape index (κ3) is 5.19. The number of hydrogen-bond acceptors (Lipinski definition) is 5. The maximum Gasteiger partial charge on any atom is 0.215 e. The highest BCUT2D eigenvalue weighted by molar-refractivity contribution is 7.88. The molecule has 2 heterocycles. The third-order valence-electron chi connectivity index (χ3n) is 3.62. The molecule has 0 aliphatic carbocycles. The summed E-state index contributed by atoms with van der Waals surface area (Å²) in [6, 6.07) is 13.2. The summed E-state index contributed by atoms with van der Waals surface area (Å²) in [5, 5.41) is 2.83. The molecule has 0 aliphatic heterocycles. The Kier molecular flexibility index (Phi) is 5.57. The van der Waals surface area contributed by atoms with E-state index in [0.29, 0.717) is 13.0 Å². The molecule has 7 heteroatoms. The Bertz CT molecular complexity index is 920. The molecular weight excluding hydrogens is 354 g/mol. The van der Waals surface area contributed by atoms with E-state index in [1.165, 1.54) is 11.3 Å². The van der Waals surface area contributed by atoms with Gasteiger partial charge in [0, 0.05) is 24.5 Å². The predicted molar refractivity (Wildman–Crippen MR) is 101 cm³/mol. The van der Waals surface area contributed by atoms with Crippen molar-refractivity contribution >= 4 is 21.4 Å². The number of aryl methyl sites for hydroxylation is 1. The minimum atomic E-state index is -3.35. The Morgan fingerprint density at radius 1 is 1.08 bits per heavy atom. The van der Waals surface area contributed by atoms with Crippen molar-refractivity contribution in [2.24, 2.45) is 0 Å². The molecule has 3 rings (SSSR count). The van der Waals surface area contributed by atoms with Crippen molar-refractivity contribution in [1.29, 1.82) is 0 Å². The van der Waals surface area contributed by atoms with Gasteiger partial charge in [-0.25, -0.2) is 18.1 Å². The van der Waals surface area contributed by atoms with Crippen LogP contribution in [0.25, 0.3) is 11.4 Å². The van der Waals surface area contributed by atoms with E-state index in [2.05, 4.69) is 14.7 Å². The summed E-state index contributed by atoms with van der Waals surface area (Å²) >= 11 is 1.51. The fourth-order valence-electron chi connectivity index (χ4n) is 2.33. The van der Waals surface area contributed by atoms with Gasteiger partial charge in [0.2, 0.25) is 10.0 Å². The van der Waals surface area contributed by atoms with Crippen LogP contribution in [0.1, 0.15) is 16.1 Å². The molecule has 0 bridgehead atoms. The second kappa shape index (κ2) is 7.86. The Hall–Kier alpha value is -2.09. The van der Waals surface area contributed by atoms with Gasteiger partial charge in [0.05, 0.1) is 22.1 Å². The Morgan fingerprint density at radius 3 is 2.60 bits per heavy atom. The first-order valence-corrected chi connectivity index (χ1v) is 10.4. The van der Waals surface area contributed by atoms with Gasteiger partial charge in [0.15, 0.2) is 0 Å². The summed E-state index contributed by atoms with van der Waals surface area (Å²) in [7, 11) is -3.35. The van der Waals surface area contributed by atoms with Gasteiger partial charge in [0.1, 0.15) is 0 Å². The highest BCUT2D eigenvalue weighted by Gasteiger charge is 2.12. The van der Waals surface area contributed by atoms with E-state index >= 15 is 0 Å². The number of nitrogens with one attached hydrogen (secondary N) is 1. The molecule has 0 amide bonds. The van der Waals surface area contributed by atoms with Crippen molar-refractivity contribution in [1.82, 2.24) is 14.7 Å². The lowest BCUT2D eigenvalue weighted by molar-refractivity contribution is 0.580. The zero-order valence-corrected chi connectivity index (χ0v) is 15.5. The van der Waals surface area contributed by atoms with Crippen LogP contribution in [0.2, 0.25) is 0 Å². The number of aromatic nitrogens is 2. The normalized spacial score (nSPS) is 11.6. The van der Waals surface area contributed by atoms with E-state index in [9.17, 15) is 8.42 Å². The van der Waals surface area contributed by atoms with Gasteiger partial charge in [-0.3, -0.25) is 4.98 Å². The molecule has 0 unspecified atom stereocenters. The molecule has 25 heavy (non-hydrogen) atoms. The fourth-order valence-corrected chi connectivity index (χ4v) is 4.26. The van der Waals surface area contributed by atoms with Crippen LogP contribution in [0.3, 0.4) is 0 Å². The lowest BCUT2D eigenvalue weighted by atomic mass is 10.2. The molecule has 130 valence electrons. The van der Waals surface area contributed by atoms with Crippen molar-refractivity contribution in [3.63, 3.8) is 0 Å². The van der Waals surface area contributed by atoms with Crippen LogP contribution >= 0.6 is 11.3 Å². The number of pyridine rings is 1. The van der Waals surface area contributed by atoms with E-state index in [4.69, 9.17) is 0 Å². The van der Waals surface area contributed by atoms with E-state index in [-0.39, 0.29) is 5.75 Å². The molecular formula is C18H19N3O2S2. The summed E-state index contributed by atoms with van der Waals surface area (Å²) in [6.07, 6.45) is 2.29. The molecule has 0 atom stereocenters. The molecule has 2 aromatic heterocycles. The van der Waals surface area contributed by atoms with Crippen LogP contribution in [0.5, 0.6) is 0 Å². The molecule has 0 fully saturated rings. The van der Waals surface area contributed by atoms with Gasteiger partial charge in [-0.15, -0.1) is 11.3 Å². The van der Waals surface area contributed by atoms with Crippen molar-refractivity contribution in [3.05, 3.63) is 70.2 Å². The Balaban J connectivity index is 1.54. The number of sulfonamides is 1. The van der Waals surface area contributed by atoms with E-state index in [1.54, 1.807) is 6.20 Å². The molecule has 0 spiro atoms. The van der Waals surface area contributed by atoms with Crippen LogP contribution in [0, 0.1) is 6.92 Å². The smallest absolute Gasteiger partial charge is 0.215 e. The SMILES string of the molecule is Cc1ccc(CS(=O)(=O)NCCc2nc(-c3ccccn3)cs2)cc1. The molecule has 5 nitrogen and oxygen atoms in total. The number of nitrogens with zero attached hydrogens (tertiary/aromatic N) is 2. The maximum absolute atomic E-state index is 12.2. The van der Waals surface area contributed by atoms with Gasteiger partial charge in [-0.1, -0.05) is 35.9 Å². The van der Waals surface area contributed by atoms with Crippen molar-refractivity contribution in [3.8, 4) is 11.4 Å². The zero-order valence-electron chi connectivity index (χ0n) is 13.8. The lowest BCUT2D eigenvalue weighted by Gasteiger charge is -2.06. The summed E-state index contributed by atoms with van der Waals surface area (Å²) in [5.74, 6) is -0.00959. The molecule has 0 saturated carbocycles. The summed E-state index contributed by atoms with van der Waals surface area (Å²) in [4.78, 5) is 8.78. The Morgan fingerprint density at radius 2 is 1.88 bits per heavy atom. The van der Waals surface area contributed by atoms with Crippen LogP contribution in [0.15, 0.2) is 54.0 Å². The number of benzene rings is 1.